The highest BCUT2D eigenvalue weighted by molar-refractivity contribution is 5.92. The number of aliphatic hydroxyl groups is 1. The Bertz CT molecular complexity index is 1710. The molecule has 1 aliphatic carbocycles. The summed E-state index contributed by atoms with van der Waals surface area (Å²) in [5.74, 6) is -0.547. The number of carbonyl (C=O) groups excluding carboxylic acids is 4. The molecular weight excluding hydrogens is 706 g/mol. The number of carbonyl (C=O) groups is 4. The van der Waals surface area contributed by atoms with Crippen LogP contribution in [0, 0.1) is 5.92 Å². The van der Waals surface area contributed by atoms with Gasteiger partial charge in [-0.2, -0.15) is 0 Å². The number of para-hydroxylation sites is 2. The number of aliphatic hydroxyl groups excluding tert-OH is 1. The van der Waals surface area contributed by atoms with E-state index in [1.54, 1.807) is 45.0 Å². The third kappa shape index (κ3) is 12.8. The van der Waals surface area contributed by atoms with Crippen LogP contribution in [-0.2, 0) is 30.2 Å². The fourth-order valence-electron chi connectivity index (χ4n) is 6.46. The molecule has 3 aromatic rings. The van der Waals surface area contributed by atoms with Gasteiger partial charge in [0.05, 0.1) is 25.4 Å². The number of amides is 4. The lowest BCUT2D eigenvalue weighted by Crippen LogP contribution is -2.55. The maximum Gasteiger partial charge on any atom is 0.407 e. The Kier molecular flexibility index (Phi) is 14.7. The summed E-state index contributed by atoms with van der Waals surface area (Å²) in [6.45, 7) is 10.0. The molecule has 2 aliphatic rings. The van der Waals surface area contributed by atoms with Gasteiger partial charge in [-0.3, -0.25) is 9.59 Å². The van der Waals surface area contributed by atoms with Crippen molar-refractivity contribution in [2.45, 2.75) is 108 Å². The van der Waals surface area contributed by atoms with Crippen LogP contribution in [0.15, 0.2) is 71.7 Å². The number of likely N-dealkylation sites (tertiary alicyclic amines) is 1. The van der Waals surface area contributed by atoms with Crippen molar-refractivity contribution in [1.29, 1.82) is 0 Å². The van der Waals surface area contributed by atoms with Gasteiger partial charge in [0.1, 0.15) is 23.2 Å². The summed E-state index contributed by atoms with van der Waals surface area (Å²) in [5.41, 5.74) is 1.41. The molecule has 1 aliphatic heterocycles. The van der Waals surface area contributed by atoms with Crippen molar-refractivity contribution in [2.24, 2.45) is 5.92 Å². The van der Waals surface area contributed by atoms with Crippen LogP contribution in [0.2, 0.25) is 0 Å². The molecule has 1 saturated heterocycles. The molecule has 2 fully saturated rings. The molecule has 0 spiro atoms. The lowest BCUT2D eigenvalue weighted by molar-refractivity contribution is -0.140. The number of benzene rings is 2. The summed E-state index contributed by atoms with van der Waals surface area (Å²) >= 11 is 0. The van der Waals surface area contributed by atoms with Gasteiger partial charge in [0.2, 0.25) is 17.7 Å². The molecule has 4 N–H and O–H groups in total. The van der Waals surface area contributed by atoms with E-state index in [0.717, 1.165) is 18.4 Å². The molecule has 2 heterocycles. The van der Waals surface area contributed by atoms with Gasteiger partial charge < -0.3 is 44.6 Å². The Morgan fingerprint density at radius 3 is 2.47 bits per heavy atom. The van der Waals surface area contributed by atoms with E-state index < -0.39 is 59.9 Å². The quantitative estimate of drug-likeness (QED) is 0.0919. The largest absolute Gasteiger partial charge is 0.449 e. The van der Waals surface area contributed by atoms with E-state index in [-0.39, 0.29) is 31.9 Å². The minimum Gasteiger partial charge on any atom is -0.449 e. The van der Waals surface area contributed by atoms with Crippen LogP contribution in [0.25, 0.3) is 11.1 Å². The monoisotopic (exact) mass is 761 g/mol. The molecular formula is C41H55N5O9. The van der Waals surface area contributed by atoms with Gasteiger partial charge in [0, 0.05) is 19.5 Å². The Morgan fingerprint density at radius 1 is 1.02 bits per heavy atom. The topological polar surface area (TPSA) is 182 Å². The smallest absolute Gasteiger partial charge is 0.407 e. The van der Waals surface area contributed by atoms with Crippen LogP contribution >= 0.6 is 0 Å². The number of fused-ring (bicyclic) bond motifs is 1. The normalized spacial score (nSPS) is 18.6. The van der Waals surface area contributed by atoms with Gasteiger partial charge in [-0.1, -0.05) is 48.5 Å². The molecule has 4 amide bonds. The van der Waals surface area contributed by atoms with Crippen molar-refractivity contribution in [2.75, 3.05) is 26.3 Å². The number of unbranched alkanes of at least 4 members (excludes halogenated alkanes) is 1. The summed E-state index contributed by atoms with van der Waals surface area (Å²) in [5, 5.41) is 20.1. The van der Waals surface area contributed by atoms with Crippen molar-refractivity contribution in [3.05, 3.63) is 78.7 Å². The number of aryl methyl sites for hydroxylation is 1. The van der Waals surface area contributed by atoms with Crippen LogP contribution in [-0.4, -0.2) is 95.1 Å². The number of nitrogens with zero attached hydrogens (tertiary/aromatic N) is 2. The molecule has 2 aromatic carbocycles. The summed E-state index contributed by atoms with van der Waals surface area (Å²) in [4.78, 5) is 59.7. The molecule has 1 aromatic heterocycles. The SMILES string of the molecule is C=CCO[C@@H]1C[C@@H](C(=O)N[C@@H](CCCCNC(=O)OC(C)(C)C)C(O)c2nc3ccccc3o2)N(C(=O)[C@@H](CCc2ccccc2)NC(=O)OCC2CC2)C1. The minimum absolute atomic E-state index is 0.0415. The molecule has 298 valence electrons. The fraction of sp³-hybridized carbons (Fsp3) is 0.537. The number of rotatable bonds is 19. The van der Waals surface area contributed by atoms with Gasteiger partial charge in [-0.05, 0) is 89.3 Å². The highest BCUT2D eigenvalue weighted by Gasteiger charge is 2.43. The van der Waals surface area contributed by atoms with Gasteiger partial charge in [0.25, 0.3) is 0 Å². The lowest BCUT2D eigenvalue weighted by atomic mass is 10.0. The number of hydrogen-bond donors (Lipinski definition) is 4. The maximum absolute atomic E-state index is 14.4. The van der Waals surface area contributed by atoms with Crippen molar-refractivity contribution in [1.82, 2.24) is 25.8 Å². The van der Waals surface area contributed by atoms with E-state index in [4.69, 9.17) is 18.6 Å². The zero-order chi connectivity index (χ0) is 39.4. The van der Waals surface area contributed by atoms with E-state index in [1.165, 1.54) is 4.90 Å². The third-order valence-corrected chi connectivity index (χ3v) is 9.48. The van der Waals surface area contributed by atoms with Crippen LogP contribution in [0.4, 0.5) is 9.59 Å². The number of oxazole rings is 1. The van der Waals surface area contributed by atoms with Crippen molar-refractivity contribution < 1.29 is 42.9 Å². The van der Waals surface area contributed by atoms with E-state index >= 15 is 0 Å². The second kappa shape index (κ2) is 19.6. The Labute approximate surface area is 322 Å². The highest BCUT2D eigenvalue weighted by atomic mass is 16.6. The summed E-state index contributed by atoms with van der Waals surface area (Å²) in [7, 11) is 0. The van der Waals surface area contributed by atoms with Crippen LogP contribution < -0.4 is 16.0 Å². The summed E-state index contributed by atoms with van der Waals surface area (Å²) in [6.07, 6.45) is 2.90. The molecule has 1 unspecified atom stereocenters. The van der Waals surface area contributed by atoms with Gasteiger partial charge in [-0.25, -0.2) is 14.6 Å². The second-order valence-electron chi connectivity index (χ2n) is 15.3. The van der Waals surface area contributed by atoms with Crippen LogP contribution in [0.5, 0.6) is 0 Å². The zero-order valence-corrected chi connectivity index (χ0v) is 32.0. The Balaban J connectivity index is 1.32. The van der Waals surface area contributed by atoms with Crippen LogP contribution in [0.1, 0.15) is 83.3 Å². The van der Waals surface area contributed by atoms with Gasteiger partial charge in [0.15, 0.2) is 11.7 Å². The number of ether oxygens (including phenoxy) is 3. The van der Waals surface area contributed by atoms with Crippen molar-refractivity contribution in [3.63, 3.8) is 0 Å². The molecule has 14 nitrogen and oxygen atoms in total. The molecule has 55 heavy (non-hydrogen) atoms. The highest BCUT2D eigenvalue weighted by Crippen LogP contribution is 2.29. The van der Waals surface area contributed by atoms with E-state index in [0.29, 0.717) is 55.9 Å². The van der Waals surface area contributed by atoms with Crippen LogP contribution in [0.3, 0.4) is 0 Å². The third-order valence-electron chi connectivity index (χ3n) is 9.48. The number of nitrogens with one attached hydrogen (secondary N) is 3. The summed E-state index contributed by atoms with van der Waals surface area (Å²) < 4.78 is 22.6. The predicted octanol–water partition coefficient (Wildman–Crippen LogP) is 5.35. The fourth-order valence-corrected chi connectivity index (χ4v) is 6.46. The number of alkyl carbamates (subject to hydrolysis) is 2. The number of hydrogen-bond acceptors (Lipinski definition) is 10. The van der Waals surface area contributed by atoms with Gasteiger partial charge >= 0.3 is 12.2 Å². The first-order valence-corrected chi connectivity index (χ1v) is 19.2. The Morgan fingerprint density at radius 2 is 1.76 bits per heavy atom. The predicted molar refractivity (Wildman–Crippen MR) is 205 cm³/mol. The van der Waals surface area contributed by atoms with Gasteiger partial charge in [-0.15, -0.1) is 6.58 Å². The van der Waals surface area contributed by atoms with E-state index in [1.807, 2.05) is 36.4 Å². The molecule has 5 rings (SSSR count). The first-order valence-electron chi connectivity index (χ1n) is 19.2. The van der Waals surface area contributed by atoms with E-state index in [9.17, 15) is 24.3 Å². The maximum atomic E-state index is 14.4. The first-order chi connectivity index (χ1) is 26.4. The lowest BCUT2D eigenvalue weighted by Gasteiger charge is -2.30. The molecule has 1 saturated carbocycles. The van der Waals surface area contributed by atoms with Crippen molar-refractivity contribution >= 4 is 35.1 Å². The molecule has 0 radical (unpaired) electrons. The second-order valence-corrected chi connectivity index (χ2v) is 15.3. The first kappa shape index (κ1) is 41.2. The summed E-state index contributed by atoms with van der Waals surface area (Å²) in [6, 6.07) is 13.9. The molecule has 14 heteroatoms. The Hall–Kier alpha value is -4.95. The number of aromatic nitrogens is 1. The average molecular weight is 762 g/mol. The molecule has 0 bridgehead atoms. The van der Waals surface area contributed by atoms with E-state index in [2.05, 4.69) is 27.5 Å². The standard InChI is InChI=1S/C41H55N5O9/c1-5-23-52-29-24-33(46(25-29)38(49)32(21-20-27-13-7-6-8-14-27)45-40(51)53-26-28-18-19-28)36(48)43-31(16-11-12-22-42-39(50)55-41(2,3)4)35(47)37-44-30-15-9-10-17-34(30)54-37/h5-10,13-15,17,28-29,31-33,35,47H,1,11-12,16,18-26H2,2-4H3,(H,42,50)(H,43,48)(H,45,51)/t29-,31+,32-,33+,35?/m1/s1. The average Bonchev–Trinajstić information content (AvgIpc) is 3.73. The minimum atomic E-state index is -1.32. The zero-order valence-electron chi connectivity index (χ0n) is 32.0. The van der Waals surface area contributed by atoms with Crippen molar-refractivity contribution in [3.8, 4) is 0 Å². The molecule has 5 atom stereocenters.